The van der Waals surface area contributed by atoms with E-state index < -0.39 is 16.0 Å². The van der Waals surface area contributed by atoms with E-state index in [0.29, 0.717) is 5.69 Å². The zero-order chi connectivity index (χ0) is 18.6. The number of carbonyl (C=O) groups excluding carboxylic acids is 2. The molecule has 0 bridgehead atoms. The van der Waals surface area contributed by atoms with Crippen molar-refractivity contribution >= 4 is 27.6 Å². The fourth-order valence-corrected chi connectivity index (χ4v) is 3.65. The van der Waals surface area contributed by atoms with Crippen molar-refractivity contribution in [2.24, 2.45) is 0 Å². The molecule has 1 amide bonds. The molecular formula is C17H24N2O5S. The van der Waals surface area contributed by atoms with Gasteiger partial charge in [-0.05, 0) is 57.4 Å². The van der Waals surface area contributed by atoms with E-state index in [0.717, 1.165) is 25.5 Å². The van der Waals surface area contributed by atoms with Crippen LogP contribution in [0.15, 0.2) is 24.3 Å². The molecule has 0 aromatic heterocycles. The van der Waals surface area contributed by atoms with Gasteiger partial charge in [-0.15, -0.1) is 0 Å². The van der Waals surface area contributed by atoms with Gasteiger partial charge in [0, 0.05) is 17.8 Å². The molecule has 0 spiro atoms. The molecule has 8 heteroatoms. The first-order valence-corrected chi connectivity index (χ1v) is 10.1. The molecule has 1 aliphatic rings. The van der Waals surface area contributed by atoms with Gasteiger partial charge in [0.25, 0.3) is 5.91 Å². The van der Waals surface area contributed by atoms with E-state index in [1.54, 1.807) is 4.90 Å². The van der Waals surface area contributed by atoms with Crippen molar-refractivity contribution in [1.82, 2.24) is 4.90 Å². The summed E-state index contributed by atoms with van der Waals surface area (Å²) < 4.78 is 29.7. The number of benzene rings is 1. The highest BCUT2D eigenvalue weighted by Gasteiger charge is 2.29. The van der Waals surface area contributed by atoms with E-state index in [1.807, 2.05) is 13.8 Å². The van der Waals surface area contributed by atoms with Gasteiger partial charge in [-0.25, -0.2) is 13.2 Å². The Labute approximate surface area is 148 Å². The fourth-order valence-electron chi connectivity index (χ4n) is 3.09. The molecule has 0 unspecified atom stereocenters. The maximum atomic E-state index is 12.3. The fraction of sp³-hybridized carbons (Fsp3) is 0.529. The number of anilines is 1. The molecule has 2 atom stereocenters. The largest absolute Gasteiger partial charge is 0.452 e. The molecule has 138 valence electrons. The van der Waals surface area contributed by atoms with Gasteiger partial charge in [0.05, 0.1) is 11.8 Å². The molecular weight excluding hydrogens is 344 g/mol. The lowest BCUT2D eigenvalue weighted by Crippen LogP contribution is -2.49. The van der Waals surface area contributed by atoms with E-state index in [2.05, 4.69) is 4.72 Å². The van der Waals surface area contributed by atoms with Gasteiger partial charge in [0.2, 0.25) is 10.0 Å². The number of sulfonamides is 1. The highest BCUT2D eigenvalue weighted by Crippen LogP contribution is 2.22. The van der Waals surface area contributed by atoms with Crippen molar-refractivity contribution in [2.75, 3.05) is 17.6 Å². The predicted octanol–water partition coefficient (Wildman–Crippen LogP) is 2.00. The Morgan fingerprint density at radius 2 is 1.72 bits per heavy atom. The van der Waals surface area contributed by atoms with Crippen molar-refractivity contribution in [3.05, 3.63) is 29.8 Å². The average molecular weight is 368 g/mol. The third-order valence-electron chi connectivity index (χ3n) is 4.23. The monoisotopic (exact) mass is 368 g/mol. The topological polar surface area (TPSA) is 92.8 Å². The van der Waals surface area contributed by atoms with Crippen LogP contribution in [0.1, 0.15) is 43.5 Å². The van der Waals surface area contributed by atoms with Crippen LogP contribution in [0, 0.1) is 0 Å². The minimum Gasteiger partial charge on any atom is -0.452 e. The molecule has 25 heavy (non-hydrogen) atoms. The summed E-state index contributed by atoms with van der Waals surface area (Å²) in [6.45, 7) is 3.71. The van der Waals surface area contributed by atoms with Gasteiger partial charge in [0.1, 0.15) is 0 Å². The second kappa shape index (κ2) is 7.86. The number of ether oxygens (including phenoxy) is 1. The molecule has 1 N–H and O–H groups in total. The second-order valence-corrected chi connectivity index (χ2v) is 8.21. The molecule has 0 radical (unpaired) electrons. The van der Waals surface area contributed by atoms with Crippen molar-refractivity contribution in [1.29, 1.82) is 0 Å². The zero-order valence-corrected chi connectivity index (χ0v) is 15.5. The lowest BCUT2D eigenvalue weighted by atomic mass is 9.97. The van der Waals surface area contributed by atoms with Crippen molar-refractivity contribution in [3.8, 4) is 0 Å². The highest BCUT2D eigenvalue weighted by atomic mass is 32.2. The van der Waals surface area contributed by atoms with E-state index in [-0.39, 0.29) is 30.2 Å². The SMILES string of the molecule is C[C@@H]1CCC[C@@H](C)N1C(=O)COC(=O)c1ccc(NS(C)(=O)=O)cc1. The van der Waals surface area contributed by atoms with E-state index in [1.165, 1.54) is 24.3 Å². The molecule has 0 saturated carbocycles. The summed E-state index contributed by atoms with van der Waals surface area (Å²) in [7, 11) is -3.37. The number of likely N-dealkylation sites (tertiary alicyclic amines) is 1. The number of hydrogen-bond donors (Lipinski definition) is 1. The Hall–Kier alpha value is -2.09. The lowest BCUT2D eigenvalue weighted by molar-refractivity contribution is -0.140. The number of piperidine rings is 1. The molecule has 1 aromatic carbocycles. The number of nitrogens with zero attached hydrogens (tertiary/aromatic N) is 1. The van der Waals surface area contributed by atoms with Crippen LogP contribution in [0.2, 0.25) is 0 Å². The number of carbonyl (C=O) groups is 2. The van der Waals surface area contributed by atoms with Crippen LogP contribution in [-0.4, -0.2) is 50.1 Å². The van der Waals surface area contributed by atoms with Gasteiger partial charge in [-0.3, -0.25) is 9.52 Å². The van der Waals surface area contributed by atoms with Crippen molar-refractivity contribution < 1.29 is 22.7 Å². The van der Waals surface area contributed by atoms with Gasteiger partial charge >= 0.3 is 5.97 Å². The normalized spacial score (nSPS) is 20.8. The smallest absolute Gasteiger partial charge is 0.338 e. The Kier molecular flexibility index (Phi) is 6.05. The summed E-state index contributed by atoms with van der Waals surface area (Å²) in [6, 6.07) is 6.13. The molecule has 1 fully saturated rings. The van der Waals surface area contributed by atoms with Gasteiger partial charge < -0.3 is 9.64 Å². The summed E-state index contributed by atoms with van der Waals surface area (Å²) in [6.07, 6.45) is 4.06. The number of esters is 1. The summed E-state index contributed by atoms with van der Waals surface area (Å²) in [5.74, 6) is -0.806. The summed E-state index contributed by atoms with van der Waals surface area (Å²) in [5.41, 5.74) is 0.609. The molecule has 7 nitrogen and oxygen atoms in total. The zero-order valence-electron chi connectivity index (χ0n) is 14.7. The Morgan fingerprint density at radius 3 is 2.24 bits per heavy atom. The van der Waals surface area contributed by atoms with Crippen molar-refractivity contribution in [2.45, 2.75) is 45.2 Å². The second-order valence-electron chi connectivity index (χ2n) is 6.46. The molecule has 1 aliphatic heterocycles. The molecule has 1 aromatic rings. The number of nitrogens with one attached hydrogen (secondary N) is 1. The molecule has 1 heterocycles. The van der Waals surface area contributed by atoms with Gasteiger partial charge in [-0.2, -0.15) is 0 Å². The maximum absolute atomic E-state index is 12.3. The van der Waals surface area contributed by atoms with E-state index in [9.17, 15) is 18.0 Å². The number of rotatable bonds is 5. The third-order valence-corrected chi connectivity index (χ3v) is 4.84. The highest BCUT2D eigenvalue weighted by molar-refractivity contribution is 7.92. The Bertz CT molecular complexity index is 720. The van der Waals surface area contributed by atoms with E-state index >= 15 is 0 Å². The molecule has 0 aliphatic carbocycles. The first kappa shape index (κ1) is 19.2. The van der Waals surface area contributed by atoms with Crippen LogP contribution < -0.4 is 4.72 Å². The predicted molar refractivity (Wildman–Crippen MR) is 94.8 cm³/mol. The van der Waals surface area contributed by atoms with Crippen molar-refractivity contribution in [3.63, 3.8) is 0 Å². The first-order valence-electron chi connectivity index (χ1n) is 8.23. The van der Waals surface area contributed by atoms with Gasteiger partial charge in [0.15, 0.2) is 6.61 Å². The first-order chi connectivity index (χ1) is 11.7. The van der Waals surface area contributed by atoms with Crippen LogP contribution in [0.3, 0.4) is 0 Å². The van der Waals surface area contributed by atoms with Crippen LogP contribution in [0.4, 0.5) is 5.69 Å². The third kappa shape index (κ3) is 5.45. The van der Waals surface area contributed by atoms with Crippen LogP contribution in [0.25, 0.3) is 0 Å². The van der Waals surface area contributed by atoms with E-state index in [4.69, 9.17) is 4.74 Å². The minimum absolute atomic E-state index is 0.149. The lowest BCUT2D eigenvalue weighted by Gasteiger charge is -2.38. The summed E-state index contributed by atoms with van der Waals surface area (Å²) >= 11 is 0. The summed E-state index contributed by atoms with van der Waals surface area (Å²) in [4.78, 5) is 26.2. The number of hydrogen-bond acceptors (Lipinski definition) is 5. The quantitative estimate of drug-likeness (QED) is 0.803. The van der Waals surface area contributed by atoms with Gasteiger partial charge in [-0.1, -0.05) is 0 Å². The molecule has 1 saturated heterocycles. The minimum atomic E-state index is -3.37. The average Bonchev–Trinajstić information content (AvgIpc) is 2.51. The standard InChI is InChI=1S/C17H24N2O5S/c1-12-5-4-6-13(2)19(12)16(20)11-24-17(21)14-7-9-15(10-8-14)18-25(3,22)23/h7-10,12-13,18H,4-6,11H2,1-3H3/t12-,13-/m1/s1. The maximum Gasteiger partial charge on any atom is 0.338 e. The summed E-state index contributed by atoms with van der Waals surface area (Å²) in [5, 5.41) is 0. The number of amides is 1. The van der Waals surface area contributed by atoms with Crippen LogP contribution in [-0.2, 0) is 19.6 Å². The van der Waals surface area contributed by atoms with Crippen LogP contribution in [0.5, 0.6) is 0 Å². The Morgan fingerprint density at radius 1 is 1.16 bits per heavy atom. The molecule has 2 rings (SSSR count). The Balaban J connectivity index is 1.92. The van der Waals surface area contributed by atoms with Crippen LogP contribution >= 0.6 is 0 Å².